The lowest BCUT2D eigenvalue weighted by molar-refractivity contribution is -0.130. The van der Waals surface area contributed by atoms with Crippen molar-refractivity contribution < 1.29 is 23.5 Å². The molecule has 0 radical (unpaired) electrons. The summed E-state index contributed by atoms with van der Waals surface area (Å²) in [4.78, 5) is 24.9. The van der Waals surface area contributed by atoms with E-state index < -0.39 is 24.1 Å². The number of Topliss-reactive ketones (excluding diaryl/α,β-unsaturated/α-hetero) is 1. The number of ketones is 1. The Morgan fingerprint density at radius 3 is 2.77 bits per heavy atom. The van der Waals surface area contributed by atoms with Gasteiger partial charge in [0.2, 0.25) is 0 Å². The van der Waals surface area contributed by atoms with Crippen molar-refractivity contribution in [3.63, 3.8) is 0 Å². The topological polar surface area (TPSA) is 55.8 Å². The SMILES string of the molecule is CC(=O)C(F)C1C2COCC2N1C(=O)OCc1ccccc1. The molecule has 2 fully saturated rings. The van der Waals surface area contributed by atoms with Crippen LogP contribution in [0.2, 0.25) is 0 Å². The lowest BCUT2D eigenvalue weighted by Crippen LogP contribution is -2.69. The molecule has 2 saturated heterocycles. The normalized spacial score (nSPS) is 27.7. The molecule has 118 valence electrons. The number of amides is 1. The molecule has 0 aliphatic carbocycles. The first-order valence-electron chi connectivity index (χ1n) is 7.31. The molecule has 0 spiro atoms. The predicted molar refractivity (Wildman–Crippen MR) is 75.9 cm³/mol. The predicted octanol–water partition coefficient (Wildman–Crippen LogP) is 1.95. The monoisotopic (exact) mass is 307 g/mol. The van der Waals surface area contributed by atoms with E-state index in [9.17, 15) is 14.0 Å². The van der Waals surface area contributed by atoms with Crippen molar-refractivity contribution in [2.45, 2.75) is 31.8 Å². The average molecular weight is 307 g/mol. The number of rotatable bonds is 4. The summed E-state index contributed by atoms with van der Waals surface area (Å²) in [5.74, 6) is -0.695. The first-order valence-corrected chi connectivity index (χ1v) is 7.31. The summed E-state index contributed by atoms with van der Waals surface area (Å²) in [5.41, 5.74) is 0.857. The van der Waals surface area contributed by atoms with Crippen molar-refractivity contribution in [2.75, 3.05) is 13.2 Å². The fraction of sp³-hybridized carbons (Fsp3) is 0.500. The molecule has 2 aliphatic rings. The molecular weight excluding hydrogens is 289 g/mol. The standard InChI is InChI=1S/C16H18FNO4/c1-10(19)14(17)15-12-8-21-9-13(12)18(15)16(20)22-7-11-5-3-2-4-6-11/h2-6,12-15H,7-9H2,1H3. The molecule has 0 aromatic heterocycles. The van der Waals surface area contributed by atoms with Gasteiger partial charge in [-0.1, -0.05) is 30.3 Å². The maximum absolute atomic E-state index is 14.1. The number of hydrogen-bond donors (Lipinski definition) is 0. The molecule has 2 heterocycles. The fourth-order valence-electron chi connectivity index (χ4n) is 3.15. The number of fused-ring (bicyclic) bond motifs is 1. The van der Waals surface area contributed by atoms with Gasteiger partial charge in [-0.05, 0) is 12.5 Å². The van der Waals surface area contributed by atoms with Crippen LogP contribution in [0.15, 0.2) is 30.3 Å². The number of ether oxygens (including phenoxy) is 2. The third-order valence-corrected chi connectivity index (χ3v) is 4.31. The zero-order valence-corrected chi connectivity index (χ0v) is 12.3. The molecule has 1 aromatic carbocycles. The van der Waals surface area contributed by atoms with Gasteiger partial charge in [0.1, 0.15) is 6.61 Å². The molecule has 0 bridgehead atoms. The Bertz CT molecular complexity index is 565. The minimum atomic E-state index is -1.69. The van der Waals surface area contributed by atoms with E-state index in [1.54, 1.807) is 0 Å². The van der Waals surface area contributed by atoms with E-state index in [1.807, 2.05) is 30.3 Å². The van der Waals surface area contributed by atoms with E-state index in [0.29, 0.717) is 13.2 Å². The number of nitrogens with zero attached hydrogens (tertiary/aromatic N) is 1. The Balaban J connectivity index is 1.66. The van der Waals surface area contributed by atoms with Crippen molar-refractivity contribution in [2.24, 2.45) is 5.92 Å². The summed E-state index contributed by atoms with van der Waals surface area (Å²) >= 11 is 0. The van der Waals surface area contributed by atoms with E-state index in [0.717, 1.165) is 5.56 Å². The summed E-state index contributed by atoms with van der Waals surface area (Å²) in [5, 5.41) is 0. The van der Waals surface area contributed by atoms with Crippen LogP contribution in [-0.4, -0.2) is 48.2 Å². The number of alkyl halides is 1. The second-order valence-corrected chi connectivity index (χ2v) is 5.72. The number of benzene rings is 1. The highest BCUT2D eigenvalue weighted by molar-refractivity contribution is 5.83. The zero-order chi connectivity index (χ0) is 15.7. The Labute approximate surface area is 128 Å². The van der Waals surface area contributed by atoms with Gasteiger partial charge < -0.3 is 9.47 Å². The Hall–Kier alpha value is -1.95. The highest BCUT2D eigenvalue weighted by Gasteiger charge is 2.58. The number of carbonyl (C=O) groups excluding carboxylic acids is 2. The molecule has 2 aliphatic heterocycles. The van der Waals surface area contributed by atoms with Crippen LogP contribution >= 0.6 is 0 Å². The van der Waals surface area contributed by atoms with Gasteiger partial charge in [0.05, 0.1) is 25.3 Å². The van der Waals surface area contributed by atoms with Gasteiger partial charge in [-0.3, -0.25) is 9.69 Å². The molecule has 1 amide bonds. The first kappa shape index (κ1) is 15.0. The van der Waals surface area contributed by atoms with E-state index >= 15 is 0 Å². The number of hydrogen-bond acceptors (Lipinski definition) is 4. The van der Waals surface area contributed by atoms with Gasteiger partial charge in [-0.25, -0.2) is 9.18 Å². The largest absolute Gasteiger partial charge is 0.445 e. The highest BCUT2D eigenvalue weighted by Crippen LogP contribution is 2.40. The molecule has 3 rings (SSSR count). The third kappa shape index (κ3) is 2.59. The number of likely N-dealkylation sites (tertiary alicyclic amines) is 1. The van der Waals surface area contributed by atoms with Crippen molar-refractivity contribution >= 4 is 11.9 Å². The van der Waals surface area contributed by atoms with E-state index in [-0.39, 0.29) is 18.6 Å². The van der Waals surface area contributed by atoms with E-state index in [4.69, 9.17) is 9.47 Å². The third-order valence-electron chi connectivity index (χ3n) is 4.31. The van der Waals surface area contributed by atoms with Crippen LogP contribution < -0.4 is 0 Å². The molecule has 5 nitrogen and oxygen atoms in total. The van der Waals surface area contributed by atoms with Gasteiger partial charge in [0, 0.05) is 5.92 Å². The second-order valence-electron chi connectivity index (χ2n) is 5.72. The average Bonchev–Trinajstić information content (AvgIpc) is 2.89. The Morgan fingerprint density at radius 1 is 1.36 bits per heavy atom. The van der Waals surface area contributed by atoms with Gasteiger partial charge in [-0.2, -0.15) is 0 Å². The van der Waals surface area contributed by atoms with Crippen LogP contribution in [0.3, 0.4) is 0 Å². The zero-order valence-electron chi connectivity index (χ0n) is 12.3. The van der Waals surface area contributed by atoms with Crippen molar-refractivity contribution in [3.05, 3.63) is 35.9 Å². The van der Waals surface area contributed by atoms with Gasteiger partial charge in [0.25, 0.3) is 0 Å². The Kier molecular flexibility index (Phi) is 4.11. The lowest BCUT2D eigenvalue weighted by Gasteiger charge is -2.50. The molecule has 4 atom stereocenters. The second kappa shape index (κ2) is 6.04. The quantitative estimate of drug-likeness (QED) is 0.853. The van der Waals surface area contributed by atoms with Crippen LogP contribution in [0.5, 0.6) is 0 Å². The molecule has 1 aromatic rings. The van der Waals surface area contributed by atoms with Crippen molar-refractivity contribution in [1.82, 2.24) is 4.90 Å². The van der Waals surface area contributed by atoms with Crippen LogP contribution in [0.4, 0.5) is 9.18 Å². The smallest absolute Gasteiger partial charge is 0.410 e. The first-order chi connectivity index (χ1) is 10.6. The van der Waals surface area contributed by atoms with Crippen molar-refractivity contribution in [3.8, 4) is 0 Å². The molecule has 0 N–H and O–H groups in total. The van der Waals surface area contributed by atoms with Crippen LogP contribution in [0, 0.1) is 5.92 Å². The summed E-state index contributed by atoms with van der Waals surface area (Å²) in [7, 11) is 0. The maximum Gasteiger partial charge on any atom is 0.410 e. The van der Waals surface area contributed by atoms with Gasteiger partial charge in [-0.15, -0.1) is 0 Å². The molecule has 6 heteroatoms. The van der Waals surface area contributed by atoms with Gasteiger partial charge >= 0.3 is 6.09 Å². The molecular formula is C16H18FNO4. The minimum Gasteiger partial charge on any atom is -0.445 e. The summed E-state index contributed by atoms with van der Waals surface area (Å²) in [6.45, 7) is 2.07. The van der Waals surface area contributed by atoms with Crippen LogP contribution in [0.25, 0.3) is 0 Å². The van der Waals surface area contributed by atoms with Crippen molar-refractivity contribution in [1.29, 1.82) is 0 Å². The molecule has 0 saturated carbocycles. The maximum atomic E-state index is 14.1. The Morgan fingerprint density at radius 2 is 2.09 bits per heavy atom. The molecule has 22 heavy (non-hydrogen) atoms. The number of halogens is 1. The van der Waals surface area contributed by atoms with Crippen LogP contribution in [-0.2, 0) is 20.9 Å². The lowest BCUT2D eigenvalue weighted by atomic mass is 9.79. The van der Waals surface area contributed by atoms with E-state index in [1.165, 1.54) is 11.8 Å². The fourth-order valence-corrected chi connectivity index (χ4v) is 3.15. The summed E-state index contributed by atoms with van der Waals surface area (Å²) in [6, 6.07) is 8.30. The minimum absolute atomic E-state index is 0.122. The van der Waals surface area contributed by atoms with Gasteiger partial charge in [0.15, 0.2) is 12.0 Å². The summed E-state index contributed by atoms with van der Waals surface area (Å²) in [6.07, 6.45) is -2.28. The van der Waals surface area contributed by atoms with Crippen LogP contribution in [0.1, 0.15) is 12.5 Å². The summed E-state index contributed by atoms with van der Waals surface area (Å²) < 4.78 is 24.7. The van der Waals surface area contributed by atoms with E-state index in [2.05, 4.69) is 0 Å². The molecule has 4 unspecified atom stereocenters. The number of carbonyl (C=O) groups is 2. The highest BCUT2D eigenvalue weighted by atomic mass is 19.1.